The van der Waals surface area contributed by atoms with Crippen LogP contribution in [0.2, 0.25) is 0 Å². The van der Waals surface area contributed by atoms with Gasteiger partial charge in [-0.25, -0.2) is 0 Å². The van der Waals surface area contributed by atoms with Gasteiger partial charge >= 0.3 is 0 Å². The molecule has 29 heavy (non-hydrogen) atoms. The molecule has 8 heteroatoms. The molecule has 0 saturated carbocycles. The largest absolute Gasteiger partial charge is 0.338 e. The number of thiophene rings is 2. The van der Waals surface area contributed by atoms with Crippen molar-refractivity contribution in [3.05, 3.63) is 43.8 Å². The predicted molar refractivity (Wildman–Crippen MR) is 114 cm³/mol. The summed E-state index contributed by atoms with van der Waals surface area (Å²) >= 11 is 2.97. The lowest BCUT2D eigenvalue weighted by Gasteiger charge is -2.31. The molecular weight excluding hydrogens is 406 g/mol. The van der Waals surface area contributed by atoms with Gasteiger partial charge in [-0.05, 0) is 61.6 Å². The van der Waals surface area contributed by atoms with Crippen molar-refractivity contribution in [3.8, 4) is 0 Å². The topological polar surface area (TPSA) is 78.5 Å². The number of hydrogen-bond donors (Lipinski definition) is 2. The SMILES string of the molecule is O=C(NNC(=O)C1CCN(C(=O)c2cccs2)CC1)c1cc2c(s1)CCCCC2. The van der Waals surface area contributed by atoms with Crippen molar-refractivity contribution in [2.45, 2.75) is 44.9 Å². The van der Waals surface area contributed by atoms with E-state index in [0.29, 0.717) is 30.8 Å². The number of carbonyl (C=O) groups excluding carboxylic acids is 3. The molecule has 154 valence electrons. The first kappa shape index (κ1) is 20.1. The number of hydrogen-bond acceptors (Lipinski definition) is 5. The zero-order valence-electron chi connectivity index (χ0n) is 16.2. The van der Waals surface area contributed by atoms with Gasteiger partial charge in [-0.3, -0.25) is 25.2 Å². The molecule has 3 amide bonds. The van der Waals surface area contributed by atoms with Crippen LogP contribution in [0.4, 0.5) is 0 Å². The van der Waals surface area contributed by atoms with Gasteiger partial charge in [0.1, 0.15) is 0 Å². The maximum atomic E-state index is 12.5. The molecule has 0 aromatic carbocycles. The van der Waals surface area contributed by atoms with Crippen LogP contribution in [0.25, 0.3) is 0 Å². The number of piperidine rings is 1. The molecule has 2 aliphatic rings. The third kappa shape index (κ3) is 4.70. The zero-order valence-corrected chi connectivity index (χ0v) is 17.9. The van der Waals surface area contributed by atoms with Crippen molar-refractivity contribution in [1.29, 1.82) is 0 Å². The fourth-order valence-electron chi connectivity index (χ4n) is 3.96. The summed E-state index contributed by atoms with van der Waals surface area (Å²) in [5, 5.41) is 1.89. The minimum absolute atomic E-state index is 0.0321. The monoisotopic (exact) mass is 431 g/mol. The molecule has 0 radical (unpaired) electrons. The Labute approximate surface area is 178 Å². The van der Waals surface area contributed by atoms with E-state index in [2.05, 4.69) is 10.9 Å². The Balaban J connectivity index is 1.25. The summed E-state index contributed by atoms with van der Waals surface area (Å²) in [6.45, 7) is 1.11. The minimum Gasteiger partial charge on any atom is -0.338 e. The normalized spacial score (nSPS) is 17.3. The van der Waals surface area contributed by atoms with Crippen molar-refractivity contribution in [2.75, 3.05) is 13.1 Å². The Hall–Kier alpha value is -2.19. The van der Waals surface area contributed by atoms with Gasteiger partial charge in [-0.2, -0.15) is 0 Å². The van der Waals surface area contributed by atoms with Crippen molar-refractivity contribution in [2.24, 2.45) is 5.92 Å². The highest BCUT2D eigenvalue weighted by atomic mass is 32.1. The number of likely N-dealkylation sites (tertiary alicyclic amines) is 1. The molecule has 0 spiro atoms. The molecule has 6 nitrogen and oxygen atoms in total. The van der Waals surface area contributed by atoms with Crippen LogP contribution < -0.4 is 10.9 Å². The first-order chi connectivity index (χ1) is 14.1. The highest BCUT2D eigenvalue weighted by Crippen LogP contribution is 2.29. The molecule has 1 aliphatic carbocycles. The van der Waals surface area contributed by atoms with E-state index in [4.69, 9.17) is 0 Å². The number of nitrogens with one attached hydrogen (secondary N) is 2. The fraction of sp³-hybridized carbons (Fsp3) is 0.476. The summed E-state index contributed by atoms with van der Waals surface area (Å²) in [5.41, 5.74) is 6.44. The second-order valence-electron chi connectivity index (χ2n) is 7.61. The van der Waals surface area contributed by atoms with Crippen molar-refractivity contribution >= 4 is 40.4 Å². The zero-order chi connectivity index (χ0) is 20.2. The second-order valence-corrected chi connectivity index (χ2v) is 9.69. The van der Waals surface area contributed by atoms with Gasteiger partial charge in [0.2, 0.25) is 5.91 Å². The highest BCUT2D eigenvalue weighted by Gasteiger charge is 2.28. The Kier molecular flexibility index (Phi) is 6.30. The van der Waals surface area contributed by atoms with Crippen LogP contribution >= 0.6 is 22.7 Å². The number of nitrogens with zero attached hydrogens (tertiary/aromatic N) is 1. The number of carbonyl (C=O) groups is 3. The first-order valence-corrected chi connectivity index (χ1v) is 11.9. The van der Waals surface area contributed by atoms with Crippen molar-refractivity contribution in [1.82, 2.24) is 15.8 Å². The van der Waals surface area contributed by atoms with Crippen LogP contribution in [0.1, 0.15) is 61.9 Å². The van der Waals surface area contributed by atoms with Gasteiger partial charge in [0.05, 0.1) is 9.75 Å². The Bertz CT molecular complexity index is 860. The Morgan fingerprint density at radius 2 is 1.79 bits per heavy atom. The molecule has 4 rings (SSSR count). The molecule has 1 aliphatic heterocycles. The highest BCUT2D eigenvalue weighted by molar-refractivity contribution is 7.14. The van der Waals surface area contributed by atoms with Gasteiger partial charge in [0, 0.05) is 23.9 Å². The number of amides is 3. The van der Waals surface area contributed by atoms with Gasteiger partial charge in [-0.1, -0.05) is 12.5 Å². The van der Waals surface area contributed by atoms with Crippen LogP contribution in [0.15, 0.2) is 23.6 Å². The van der Waals surface area contributed by atoms with E-state index in [1.54, 1.807) is 4.90 Å². The van der Waals surface area contributed by atoms with Crippen LogP contribution in [0.3, 0.4) is 0 Å². The van der Waals surface area contributed by atoms with Gasteiger partial charge < -0.3 is 4.90 Å². The van der Waals surface area contributed by atoms with Crippen molar-refractivity contribution in [3.63, 3.8) is 0 Å². The van der Waals surface area contributed by atoms with Crippen LogP contribution in [0, 0.1) is 5.92 Å². The van der Waals surface area contributed by atoms with Crippen LogP contribution in [0.5, 0.6) is 0 Å². The molecule has 2 N–H and O–H groups in total. The molecule has 0 unspecified atom stereocenters. The predicted octanol–water partition coefficient (Wildman–Crippen LogP) is 3.39. The van der Waals surface area contributed by atoms with Crippen molar-refractivity contribution < 1.29 is 14.4 Å². The lowest BCUT2D eigenvalue weighted by Crippen LogP contribution is -2.48. The van der Waals surface area contributed by atoms with E-state index in [1.807, 2.05) is 23.6 Å². The third-order valence-electron chi connectivity index (χ3n) is 5.65. The number of hydrazine groups is 1. The summed E-state index contributed by atoms with van der Waals surface area (Å²) in [4.78, 5) is 41.8. The molecule has 0 atom stereocenters. The van der Waals surface area contributed by atoms with E-state index < -0.39 is 0 Å². The number of rotatable bonds is 3. The molecule has 1 fully saturated rings. The van der Waals surface area contributed by atoms with E-state index >= 15 is 0 Å². The Morgan fingerprint density at radius 1 is 1.00 bits per heavy atom. The molecule has 1 saturated heterocycles. The van der Waals surface area contributed by atoms with Gasteiger partial charge in [-0.15, -0.1) is 22.7 Å². The summed E-state index contributed by atoms with van der Waals surface area (Å²) in [6.07, 6.45) is 6.89. The lowest BCUT2D eigenvalue weighted by atomic mass is 9.96. The molecule has 0 bridgehead atoms. The van der Waals surface area contributed by atoms with Gasteiger partial charge in [0.15, 0.2) is 0 Å². The first-order valence-electron chi connectivity index (χ1n) is 10.2. The second kappa shape index (κ2) is 9.09. The average Bonchev–Trinajstić information content (AvgIpc) is 3.37. The quantitative estimate of drug-likeness (QED) is 0.578. The maximum Gasteiger partial charge on any atom is 0.279 e. The lowest BCUT2D eigenvalue weighted by molar-refractivity contribution is -0.127. The summed E-state index contributed by atoms with van der Waals surface area (Å²) < 4.78 is 0. The standard InChI is InChI=1S/C21H25N3O3S2/c25-19(14-8-10-24(11-9-14)21(27)17-7-4-12-28-17)22-23-20(26)18-13-15-5-2-1-3-6-16(15)29-18/h4,7,12-14H,1-3,5-6,8-11H2,(H,22,25)(H,23,26). The van der Waals surface area contributed by atoms with E-state index in [1.165, 1.54) is 52.4 Å². The summed E-state index contributed by atoms with van der Waals surface area (Å²) in [6, 6.07) is 5.67. The summed E-state index contributed by atoms with van der Waals surface area (Å²) in [5.74, 6) is -0.589. The minimum atomic E-state index is -0.248. The van der Waals surface area contributed by atoms with Gasteiger partial charge in [0.25, 0.3) is 11.8 Å². The molecule has 2 aromatic heterocycles. The maximum absolute atomic E-state index is 12.5. The van der Waals surface area contributed by atoms with E-state index in [-0.39, 0.29) is 23.6 Å². The third-order valence-corrected chi connectivity index (χ3v) is 7.75. The molecule has 2 aromatic rings. The number of fused-ring (bicyclic) bond motifs is 1. The van der Waals surface area contributed by atoms with Crippen LogP contribution in [-0.2, 0) is 17.6 Å². The summed E-state index contributed by atoms with van der Waals surface area (Å²) in [7, 11) is 0. The van der Waals surface area contributed by atoms with E-state index in [9.17, 15) is 14.4 Å². The van der Waals surface area contributed by atoms with E-state index in [0.717, 1.165) is 17.7 Å². The molecular formula is C21H25N3O3S2. The Morgan fingerprint density at radius 3 is 2.55 bits per heavy atom. The average molecular weight is 432 g/mol. The fourth-order valence-corrected chi connectivity index (χ4v) is 5.80. The molecule has 3 heterocycles. The number of aryl methyl sites for hydroxylation is 2. The smallest absolute Gasteiger partial charge is 0.279 e. The van der Waals surface area contributed by atoms with Crippen LogP contribution in [-0.4, -0.2) is 35.7 Å².